The third-order valence-electron chi connectivity index (χ3n) is 2.42. The van der Waals surface area contributed by atoms with Gasteiger partial charge in [0.1, 0.15) is 6.10 Å². The summed E-state index contributed by atoms with van der Waals surface area (Å²) in [6.07, 6.45) is 1.96. The molecule has 0 spiro atoms. The van der Waals surface area contributed by atoms with E-state index in [-0.39, 0.29) is 0 Å². The number of aliphatic hydroxyl groups excluding tert-OH is 2. The number of aromatic nitrogens is 3. The predicted molar refractivity (Wildman–Crippen MR) is 63.3 cm³/mol. The van der Waals surface area contributed by atoms with Crippen LogP contribution in [0.5, 0.6) is 0 Å². The first-order valence-corrected chi connectivity index (χ1v) is 6.05. The number of H-pyrrole nitrogens is 1. The number of nitrogens with one attached hydrogen (secondary N) is 1. The Labute approximate surface area is 101 Å². The van der Waals surface area contributed by atoms with E-state index in [1.165, 1.54) is 0 Å². The van der Waals surface area contributed by atoms with Crippen molar-refractivity contribution in [2.24, 2.45) is 0 Å². The summed E-state index contributed by atoms with van der Waals surface area (Å²) in [5.41, 5.74) is 1.27. The Bertz CT molecular complexity index is 474. The number of hydrogen-bond acceptors (Lipinski definition) is 4. The molecule has 0 saturated carbocycles. The average Bonchev–Trinajstić information content (AvgIpc) is 2.75. The van der Waals surface area contributed by atoms with Crippen LogP contribution in [-0.2, 0) is 0 Å². The van der Waals surface area contributed by atoms with E-state index < -0.39 is 12.2 Å². The molecule has 2 rings (SSSR count). The third-order valence-corrected chi connectivity index (χ3v) is 2.88. The molecule has 0 saturated heterocycles. The number of rotatable bonds is 4. The molecule has 0 amide bonds. The van der Waals surface area contributed by atoms with Crippen molar-refractivity contribution in [1.82, 2.24) is 15.2 Å². The zero-order valence-corrected chi connectivity index (χ0v) is 10.1. The van der Waals surface area contributed by atoms with Crippen molar-refractivity contribution in [2.45, 2.75) is 18.6 Å². The van der Waals surface area contributed by atoms with Crippen LogP contribution in [0.15, 0.2) is 18.5 Å². The molecule has 0 radical (unpaired) electrons. The van der Waals surface area contributed by atoms with Gasteiger partial charge in [0.15, 0.2) is 0 Å². The van der Waals surface area contributed by atoms with Crippen LogP contribution in [0.4, 0.5) is 0 Å². The van der Waals surface area contributed by atoms with Crippen molar-refractivity contribution in [3.05, 3.63) is 24.2 Å². The van der Waals surface area contributed by atoms with Gasteiger partial charge in [-0.2, -0.15) is 5.10 Å². The van der Waals surface area contributed by atoms with Crippen LogP contribution in [0.3, 0.4) is 0 Å². The summed E-state index contributed by atoms with van der Waals surface area (Å²) in [6.45, 7) is 0. The maximum absolute atomic E-state index is 9.85. The minimum absolute atomic E-state index is 0.461. The molecular weight excluding hydrogens is 274 g/mol. The van der Waals surface area contributed by atoms with Crippen LogP contribution < -0.4 is 0 Å². The minimum atomic E-state index is -0.961. The van der Waals surface area contributed by atoms with Crippen LogP contribution in [0, 0.1) is 0 Å². The van der Waals surface area contributed by atoms with Gasteiger partial charge in [-0.1, -0.05) is 15.9 Å². The Kier molecular flexibility index (Phi) is 3.52. The highest BCUT2D eigenvalue weighted by molar-refractivity contribution is 9.09. The quantitative estimate of drug-likeness (QED) is 0.736. The molecule has 0 fully saturated rings. The predicted octanol–water partition coefficient (Wildman–Crippen LogP) is 1.14. The van der Waals surface area contributed by atoms with Gasteiger partial charge in [-0.3, -0.25) is 10.1 Å². The fourth-order valence-corrected chi connectivity index (χ4v) is 1.96. The molecule has 0 aliphatic heterocycles. The molecule has 0 bridgehead atoms. The van der Waals surface area contributed by atoms with Gasteiger partial charge in [-0.15, -0.1) is 0 Å². The highest BCUT2D eigenvalue weighted by Gasteiger charge is 2.19. The molecule has 0 aromatic carbocycles. The van der Waals surface area contributed by atoms with Crippen LogP contribution >= 0.6 is 15.9 Å². The monoisotopic (exact) mass is 285 g/mol. The summed E-state index contributed by atoms with van der Waals surface area (Å²) in [4.78, 5) is 4.09. The van der Waals surface area contributed by atoms with Crippen molar-refractivity contribution in [1.29, 1.82) is 0 Å². The largest absolute Gasteiger partial charge is 0.390 e. The number of fused-ring (bicyclic) bond motifs is 1. The Balaban J connectivity index is 2.24. The molecule has 6 heteroatoms. The summed E-state index contributed by atoms with van der Waals surface area (Å²) in [7, 11) is 0. The molecule has 5 nitrogen and oxygen atoms in total. The molecule has 0 aliphatic carbocycles. The van der Waals surface area contributed by atoms with E-state index in [4.69, 9.17) is 0 Å². The first-order valence-electron chi connectivity index (χ1n) is 4.93. The summed E-state index contributed by atoms with van der Waals surface area (Å²) in [5, 5.41) is 27.7. The Morgan fingerprint density at radius 3 is 2.94 bits per heavy atom. The summed E-state index contributed by atoms with van der Waals surface area (Å²) in [6, 6.07) is 1.72. The molecule has 2 unspecified atom stereocenters. The van der Waals surface area contributed by atoms with E-state index in [0.29, 0.717) is 17.4 Å². The zero-order chi connectivity index (χ0) is 11.5. The maximum atomic E-state index is 9.85. The minimum Gasteiger partial charge on any atom is -0.390 e. The van der Waals surface area contributed by atoms with E-state index in [1.54, 1.807) is 18.5 Å². The second kappa shape index (κ2) is 4.90. The molecule has 2 aromatic heterocycles. The maximum Gasteiger partial charge on any atom is 0.122 e. The molecule has 16 heavy (non-hydrogen) atoms. The standard InChI is InChI=1S/C10H12BrN3O2/c11-2-1-9(15)10(16)7-3-6-4-13-14-8(6)5-12-7/h3-5,9-10,15-16H,1-2H2,(H,13,14). The summed E-state index contributed by atoms with van der Waals surface area (Å²) >= 11 is 3.22. The van der Waals surface area contributed by atoms with Crippen LogP contribution in [0.1, 0.15) is 18.2 Å². The van der Waals surface area contributed by atoms with E-state index in [9.17, 15) is 10.2 Å². The number of pyridine rings is 1. The second-order valence-electron chi connectivity index (χ2n) is 3.56. The molecule has 0 aliphatic rings. The molecule has 3 N–H and O–H groups in total. The Morgan fingerprint density at radius 2 is 2.19 bits per heavy atom. The lowest BCUT2D eigenvalue weighted by Crippen LogP contribution is -2.19. The first-order chi connectivity index (χ1) is 7.72. The van der Waals surface area contributed by atoms with Gasteiger partial charge in [0.25, 0.3) is 0 Å². The zero-order valence-electron chi connectivity index (χ0n) is 8.47. The summed E-state index contributed by atoms with van der Waals surface area (Å²) in [5.74, 6) is 0. The van der Waals surface area contributed by atoms with Gasteiger partial charge in [0.2, 0.25) is 0 Å². The van der Waals surface area contributed by atoms with Crippen molar-refractivity contribution in [3.63, 3.8) is 0 Å². The Morgan fingerprint density at radius 1 is 1.38 bits per heavy atom. The van der Waals surface area contributed by atoms with E-state index in [1.807, 2.05) is 0 Å². The first kappa shape index (κ1) is 11.5. The SMILES string of the molecule is OC(CCBr)C(O)c1cc2cn[nH]c2cn1. The summed E-state index contributed by atoms with van der Waals surface area (Å²) < 4.78 is 0. The van der Waals surface area contributed by atoms with E-state index >= 15 is 0 Å². The lowest BCUT2D eigenvalue weighted by molar-refractivity contribution is 0.0149. The van der Waals surface area contributed by atoms with E-state index in [0.717, 1.165) is 10.9 Å². The molecule has 2 atom stereocenters. The average molecular weight is 286 g/mol. The van der Waals surface area contributed by atoms with Crippen molar-refractivity contribution in [2.75, 3.05) is 5.33 Å². The molecular formula is C10H12BrN3O2. The fourth-order valence-electron chi connectivity index (χ4n) is 1.49. The second-order valence-corrected chi connectivity index (χ2v) is 4.35. The van der Waals surface area contributed by atoms with Crippen molar-refractivity contribution >= 4 is 26.8 Å². The molecule has 2 aromatic rings. The van der Waals surface area contributed by atoms with Gasteiger partial charge in [-0.05, 0) is 12.5 Å². The van der Waals surface area contributed by atoms with Gasteiger partial charge in [0.05, 0.1) is 29.7 Å². The van der Waals surface area contributed by atoms with Gasteiger partial charge < -0.3 is 10.2 Å². The lowest BCUT2D eigenvalue weighted by atomic mass is 10.1. The van der Waals surface area contributed by atoms with Crippen molar-refractivity contribution < 1.29 is 10.2 Å². The number of alkyl halides is 1. The van der Waals surface area contributed by atoms with Crippen LogP contribution in [0.2, 0.25) is 0 Å². The van der Waals surface area contributed by atoms with Gasteiger partial charge >= 0.3 is 0 Å². The van der Waals surface area contributed by atoms with E-state index in [2.05, 4.69) is 31.1 Å². The highest BCUT2D eigenvalue weighted by atomic mass is 79.9. The number of halogens is 1. The number of nitrogens with zero attached hydrogens (tertiary/aromatic N) is 2. The number of hydrogen-bond donors (Lipinski definition) is 3. The third kappa shape index (κ3) is 2.23. The topological polar surface area (TPSA) is 82.0 Å². The number of aliphatic hydroxyl groups is 2. The van der Waals surface area contributed by atoms with Crippen LogP contribution in [-0.4, -0.2) is 36.8 Å². The van der Waals surface area contributed by atoms with Crippen LogP contribution in [0.25, 0.3) is 10.9 Å². The highest BCUT2D eigenvalue weighted by Crippen LogP contribution is 2.20. The molecule has 2 heterocycles. The lowest BCUT2D eigenvalue weighted by Gasteiger charge is -2.16. The van der Waals surface area contributed by atoms with Crippen molar-refractivity contribution in [3.8, 4) is 0 Å². The fraction of sp³-hybridized carbons (Fsp3) is 0.400. The normalized spacial score (nSPS) is 15.2. The molecule has 86 valence electrons. The Hall–Kier alpha value is -0.980. The smallest absolute Gasteiger partial charge is 0.122 e. The number of aromatic amines is 1. The van der Waals surface area contributed by atoms with Gasteiger partial charge in [0, 0.05) is 10.7 Å². The van der Waals surface area contributed by atoms with Gasteiger partial charge in [-0.25, -0.2) is 0 Å².